The Balaban J connectivity index is 0.00000225. The molecule has 3 atom stereocenters. The van der Waals surface area contributed by atoms with E-state index in [1.165, 1.54) is 0 Å². The number of benzene rings is 1. The lowest BCUT2D eigenvalue weighted by molar-refractivity contribution is -0.127. The van der Waals surface area contributed by atoms with Crippen molar-refractivity contribution in [2.75, 3.05) is 19.6 Å². The molecule has 25 heavy (non-hydrogen) atoms. The maximum atomic E-state index is 12.6. The predicted molar refractivity (Wildman–Crippen MR) is 101 cm³/mol. The van der Waals surface area contributed by atoms with E-state index in [4.69, 9.17) is 0 Å². The standard InChI is InChI=1S/C19H27N3O2.ClH/c1-14-12-17(9-10-20-14)21-18(23)16-8-5-11-22(13-16)19(24)15-6-3-2-4-7-15;/h2-4,6-7,14,16-17,20H,5,8-13H2,1H3,(H,21,23);1H. The first kappa shape index (κ1) is 19.7. The quantitative estimate of drug-likeness (QED) is 0.863. The molecular formula is C19H28ClN3O2. The third-order valence-corrected chi connectivity index (χ3v) is 5.07. The molecule has 1 aromatic rings. The van der Waals surface area contributed by atoms with Crippen LogP contribution in [0.25, 0.3) is 0 Å². The topological polar surface area (TPSA) is 61.4 Å². The average molecular weight is 366 g/mol. The van der Waals surface area contributed by atoms with Crippen LogP contribution in [-0.4, -0.2) is 48.4 Å². The minimum absolute atomic E-state index is 0. The molecule has 3 rings (SSSR count). The summed E-state index contributed by atoms with van der Waals surface area (Å²) in [5.74, 6) is 0.0554. The van der Waals surface area contributed by atoms with Gasteiger partial charge in [0.25, 0.3) is 5.91 Å². The number of likely N-dealkylation sites (tertiary alicyclic amines) is 1. The van der Waals surface area contributed by atoms with Crippen LogP contribution in [0, 0.1) is 5.92 Å². The molecule has 2 N–H and O–H groups in total. The summed E-state index contributed by atoms with van der Waals surface area (Å²) in [6.45, 7) is 4.37. The second-order valence-electron chi connectivity index (χ2n) is 7.04. The van der Waals surface area contributed by atoms with Crippen molar-refractivity contribution in [2.45, 2.75) is 44.7 Å². The molecule has 0 saturated carbocycles. The highest BCUT2D eigenvalue weighted by atomic mass is 35.5. The van der Waals surface area contributed by atoms with Gasteiger partial charge in [0.1, 0.15) is 0 Å². The predicted octanol–water partition coefficient (Wildman–Crippen LogP) is 2.22. The number of carbonyl (C=O) groups is 2. The van der Waals surface area contributed by atoms with Crippen LogP contribution in [0.15, 0.2) is 30.3 Å². The molecule has 1 aromatic carbocycles. The van der Waals surface area contributed by atoms with Gasteiger partial charge in [-0.3, -0.25) is 9.59 Å². The van der Waals surface area contributed by atoms with Crippen molar-refractivity contribution < 1.29 is 9.59 Å². The van der Waals surface area contributed by atoms with E-state index in [1.807, 2.05) is 35.2 Å². The molecule has 0 spiro atoms. The van der Waals surface area contributed by atoms with Crippen LogP contribution in [0.1, 0.15) is 43.0 Å². The highest BCUT2D eigenvalue weighted by Crippen LogP contribution is 2.20. The number of nitrogens with zero attached hydrogens (tertiary/aromatic N) is 1. The molecule has 2 fully saturated rings. The number of hydrogen-bond donors (Lipinski definition) is 2. The number of rotatable bonds is 3. The fraction of sp³-hybridized carbons (Fsp3) is 0.579. The number of hydrogen-bond acceptors (Lipinski definition) is 3. The Labute approximate surface area is 155 Å². The number of piperidine rings is 2. The lowest BCUT2D eigenvalue weighted by Gasteiger charge is -2.34. The summed E-state index contributed by atoms with van der Waals surface area (Å²) in [5, 5.41) is 6.60. The van der Waals surface area contributed by atoms with E-state index >= 15 is 0 Å². The zero-order valence-corrected chi connectivity index (χ0v) is 15.6. The van der Waals surface area contributed by atoms with Crippen LogP contribution < -0.4 is 10.6 Å². The Kier molecular flexibility index (Phi) is 7.26. The van der Waals surface area contributed by atoms with Gasteiger partial charge < -0.3 is 15.5 Å². The van der Waals surface area contributed by atoms with E-state index in [1.54, 1.807) is 0 Å². The van der Waals surface area contributed by atoms with Crippen molar-refractivity contribution >= 4 is 24.2 Å². The molecule has 2 aliphatic heterocycles. The average Bonchev–Trinajstić information content (AvgIpc) is 2.62. The van der Waals surface area contributed by atoms with Crippen LogP contribution >= 0.6 is 12.4 Å². The van der Waals surface area contributed by atoms with Crippen molar-refractivity contribution in [1.82, 2.24) is 15.5 Å². The number of amides is 2. The molecule has 0 radical (unpaired) electrons. The molecule has 138 valence electrons. The second-order valence-corrected chi connectivity index (χ2v) is 7.04. The van der Waals surface area contributed by atoms with Gasteiger partial charge >= 0.3 is 0 Å². The largest absolute Gasteiger partial charge is 0.353 e. The van der Waals surface area contributed by atoms with Gasteiger partial charge in [-0.1, -0.05) is 18.2 Å². The molecule has 2 saturated heterocycles. The lowest BCUT2D eigenvalue weighted by Crippen LogP contribution is -2.51. The van der Waals surface area contributed by atoms with Crippen molar-refractivity contribution in [3.05, 3.63) is 35.9 Å². The third kappa shape index (κ3) is 5.19. The summed E-state index contributed by atoms with van der Waals surface area (Å²) >= 11 is 0. The molecule has 0 aliphatic carbocycles. The molecule has 2 heterocycles. The van der Waals surface area contributed by atoms with E-state index in [0.717, 1.165) is 38.8 Å². The molecule has 0 bridgehead atoms. The summed E-state index contributed by atoms with van der Waals surface area (Å²) in [5.41, 5.74) is 0.700. The molecule has 2 amide bonds. The van der Waals surface area contributed by atoms with Crippen LogP contribution in [0.3, 0.4) is 0 Å². The first-order valence-corrected chi connectivity index (χ1v) is 9.01. The maximum absolute atomic E-state index is 12.6. The van der Waals surface area contributed by atoms with E-state index in [9.17, 15) is 9.59 Å². The van der Waals surface area contributed by atoms with Gasteiger partial charge in [0.05, 0.1) is 5.92 Å². The Hall–Kier alpha value is -1.59. The zero-order chi connectivity index (χ0) is 16.9. The van der Waals surface area contributed by atoms with E-state index in [-0.39, 0.29) is 36.2 Å². The fourth-order valence-electron chi connectivity index (χ4n) is 3.72. The Morgan fingerprint density at radius 1 is 1.20 bits per heavy atom. The van der Waals surface area contributed by atoms with Crippen LogP contribution in [0.5, 0.6) is 0 Å². The number of carbonyl (C=O) groups excluding carboxylic acids is 2. The second kappa shape index (κ2) is 9.20. The van der Waals surface area contributed by atoms with E-state index < -0.39 is 0 Å². The Morgan fingerprint density at radius 2 is 1.96 bits per heavy atom. The first-order chi connectivity index (χ1) is 11.6. The third-order valence-electron chi connectivity index (χ3n) is 5.07. The smallest absolute Gasteiger partial charge is 0.253 e. The highest BCUT2D eigenvalue weighted by molar-refractivity contribution is 5.94. The van der Waals surface area contributed by atoms with Crippen LogP contribution in [0.4, 0.5) is 0 Å². The van der Waals surface area contributed by atoms with Crippen LogP contribution in [0.2, 0.25) is 0 Å². The van der Waals surface area contributed by atoms with Crippen molar-refractivity contribution in [3.63, 3.8) is 0 Å². The van der Waals surface area contributed by atoms with Gasteiger partial charge in [-0.05, 0) is 51.3 Å². The molecule has 5 nitrogen and oxygen atoms in total. The Morgan fingerprint density at radius 3 is 2.68 bits per heavy atom. The summed E-state index contributed by atoms with van der Waals surface area (Å²) in [6.07, 6.45) is 3.71. The van der Waals surface area contributed by atoms with Crippen LogP contribution in [-0.2, 0) is 4.79 Å². The zero-order valence-electron chi connectivity index (χ0n) is 14.7. The first-order valence-electron chi connectivity index (χ1n) is 9.01. The molecule has 0 aromatic heterocycles. The SMILES string of the molecule is CC1CC(NC(=O)C2CCCN(C(=O)c3ccccc3)C2)CCN1.Cl. The lowest BCUT2D eigenvalue weighted by atomic mass is 9.94. The molecule has 3 unspecified atom stereocenters. The van der Waals surface area contributed by atoms with Gasteiger partial charge in [-0.2, -0.15) is 0 Å². The normalized spacial score (nSPS) is 26.4. The summed E-state index contributed by atoms with van der Waals surface area (Å²) in [7, 11) is 0. The van der Waals surface area contributed by atoms with Gasteiger partial charge in [-0.15, -0.1) is 12.4 Å². The number of nitrogens with one attached hydrogen (secondary N) is 2. The van der Waals surface area contributed by atoms with E-state index in [2.05, 4.69) is 17.6 Å². The number of halogens is 1. The summed E-state index contributed by atoms with van der Waals surface area (Å²) in [4.78, 5) is 27.0. The molecular weight excluding hydrogens is 338 g/mol. The monoisotopic (exact) mass is 365 g/mol. The highest BCUT2D eigenvalue weighted by Gasteiger charge is 2.30. The van der Waals surface area contributed by atoms with Crippen molar-refractivity contribution in [3.8, 4) is 0 Å². The van der Waals surface area contributed by atoms with Gasteiger partial charge in [0.15, 0.2) is 0 Å². The fourth-order valence-corrected chi connectivity index (χ4v) is 3.72. The molecule has 6 heteroatoms. The van der Waals surface area contributed by atoms with Gasteiger partial charge in [-0.25, -0.2) is 0 Å². The summed E-state index contributed by atoms with van der Waals surface area (Å²) in [6, 6.07) is 10.0. The Bertz CT molecular complexity index is 581. The van der Waals surface area contributed by atoms with Crippen molar-refractivity contribution in [1.29, 1.82) is 0 Å². The van der Waals surface area contributed by atoms with E-state index in [0.29, 0.717) is 18.2 Å². The summed E-state index contributed by atoms with van der Waals surface area (Å²) < 4.78 is 0. The minimum Gasteiger partial charge on any atom is -0.353 e. The van der Waals surface area contributed by atoms with Gasteiger partial charge in [0, 0.05) is 30.7 Å². The molecule has 2 aliphatic rings. The van der Waals surface area contributed by atoms with Gasteiger partial charge in [0.2, 0.25) is 5.91 Å². The maximum Gasteiger partial charge on any atom is 0.253 e. The minimum atomic E-state index is -0.0865. The van der Waals surface area contributed by atoms with Crippen molar-refractivity contribution in [2.24, 2.45) is 5.92 Å².